The van der Waals surface area contributed by atoms with Gasteiger partial charge in [0.1, 0.15) is 11.6 Å². The summed E-state index contributed by atoms with van der Waals surface area (Å²) in [5.74, 6) is -1.10. The Morgan fingerprint density at radius 1 is 1.10 bits per heavy atom. The molecule has 5 heteroatoms. The Kier molecular flexibility index (Phi) is 4.99. The van der Waals surface area contributed by atoms with Crippen LogP contribution in [0.2, 0.25) is 0 Å². The van der Waals surface area contributed by atoms with Crippen LogP contribution in [-0.2, 0) is 14.9 Å². The van der Waals surface area contributed by atoms with E-state index in [1.165, 1.54) is 0 Å². The maximum atomic E-state index is 11.9. The first-order chi connectivity index (χ1) is 9.54. The van der Waals surface area contributed by atoms with E-state index in [-0.39, 0.29) is 0 Å². The lowest BCUT2D eigenvalue weighted by Gasteiger charge is -2.33. The van der Waals surface area contributed by atoms with Crippen LogP contribution in [0.25, 0.3) is 0 Å². The molecular weight excluding hydrogens is 270 g/mol. The Labute approximate surface area is 125 Å². The number of carbonyl (C=O) groups is 2. The van der Waals surface area contributed by atoms with Gasteiger partial charge in [0.15, 0.2) is 0 Å². The average molecular weight is 293 g/mol. The number of hydrogen-bond donors (Lipinski definition) is 2. The minimum Gasteiger partial charge on any atom is -0.480 e. The monoisotopic (exact) mass is 293 g/mol. The van der Waals surface area contributed by atoms with E-state index in [0.29, 0.717) is 0 Å². The summed E-state index contributed by atoms with van der Waals surface area (Å²) in [6.45, 7) is 8.73. The number of carboxylic acids is 1. The van der Waals surface area contributed by atoms with Crippen molar-refractivity contribution in [3.63, 3.8) is 0 Å². The molecule has 1 aromatic rings. The number of benzene rings is 1. The van der Waals surface area contributed by atoms with Crippen molar-refractivity contribution in [3.8, 4) is 0 Å². The molecule has 0 aromatic heterocycles. The van der Waals surface area contributed by atoms with E-state index in [2.05, 4.69) is 5.32 Å². The first-order valence-corrected chi connectivity index (χ1v) is 6.82. The van der Waals surface area contributed by atoms with Crippen molar-refractivity contribution in [2.75, 3.05) is 0 Å². The first-order valence-electron chi connectivity index (χ1n) is 6.82. The molecule has 2 N–H and O–H groups in total. The summed E-state index contributed by atoms with van der Waals surface area (Å²) >= 11 is 0. The van der Waals surface area contributed by atoms with Crippen LogP contribution >= 0.6 is 0 Å². The summed E-state index contributed by atoms with van der Waals surface area (Å²) in [6, 6.07) is 8.12. The predicted molar refractivity (Wildman–Crippen MR) is 80.3 cm³/mol. The zero-order valence-corrected chi connectivity index (χ0v) is 13.1. The van der Waals surface area contributed by atoms with Gasteiger partial charge in [0, 0.05) is 5.41 Å². The third-order valence-corrected chi connectivity index (χ3v) is 3.15. The summed E-state index contributed by atoms with van der Waals surface area (Å²) in [5, 5.41) is 11.9. The minimum atomic E-state index is -1.10. The normalized spacial score (nSPS) is 13.4. The van der Waals surface area contributed by atoms with Crippen LogP contribution in [0.15, 0.2) is 30.3 Å². The molecule has 0 spiro atoms. The van der Waals surface area contributed by atoms with Crippen LogP contribution in [-0.4, -0.2) is 28.8 Å². The molecule has 0 aliphatic heterocycles. The molecule has 0 heterocycles. The van der Waals surface area contributed by atoms with Crippen molar-refractivity contribution in [3.05, 3.63) is 35.9 Å². The molecule has 0 aliphatic carbocycles. The van der Waals surface area contributed by atoms with E-state index in [9.17, 15) is 14.7 Å². The van der Waals surface area contributed by atoms with Gasteiger partial charge in [-0.15, -0.1) is 0 Å². The van der Waals surface area contributed by atoms with Crippen molar-refractivity contribution in [1.82, 2.24) is 5.32 Å². The lowest BCUT2D eigenvalue weighted by molar-refractivity contribution is -0.141. The standard InChI is InChI=1S/C16H23NO4/c1-15(2,3)21-14(20)17-12(13(18)19)16(4,5)11-9-7-6-8-10-11/h6-10,12H,1-5H3,(H,17,20)(H,18,19)/t12-/m1/s1. The highest BCUT2D eigenvalue weighted by Crippen LogP contribution is 2.27. The van der Waals surface area contributed by atoms with Gasteiger partial charge in [-0.25, -0.2) is 9.59 Å². The van der Waals surface area contributed by atoms with Gasteiger partial charge >= 0.3 is 12.1 Å². The number of carbonyl (C=O) groups excluding carboxylic acids is 1. The first kappa shape index (κ1) is 17.0. The maximum Gasteiger partial charge on any atom is 0.408 e. The molecule has 21 heavy (non-hydrogen) atoms. The van der Waals surface area contributed by atoms with Gasteiger partial charge in [-0.2, -0.15) is 0 Å². The minimum absolute atomic E-state index is 0.677. The number of amides is 1. The van der Waals surface area contributed by atoms with Crippen molar-refractivity contribution >= 4 is 12.1 Å². The van der Waals surface area contributed by atoms with Crippen LogP contribution in [0.1, 0.15) is 40.2 Å². The van der Waals surface area contributed by atoms with Crippen molar-refractivity contribution in [1.29, 1.82) is 0 Å². The third kappa shape index (κ3) is 4.77. The number of alkyl carbamates (subject to hydrolysis) is 1. The molecule has 0 saturated carbocycles. The fourth-order valence-electron chi connectivity index (χ4n) is 2.01. The van der Waals surface area contributed by atoms with Gasteiger partial charge in [-0.05, 0) is 26.3 Å². The van der Waals surface area contributed by atoms with Crippen LogP contribution in [0.3, 0.4) is 0 Å². The van der Waals surface area contributed by atoms with Crippen LogP contribution < -0.4 is 5.32 Å². The molecule has 116 valence electrons. The van der Waals surface area contributed by atoms with E-state index in [1.807, 2.05) is 30.3 Å². The highest BCUT2D eigenvalue weighted by atomic mass is 16.6. The Morgan fingerprint density at radius 3 is 2.05 bits per heavy atom. The quantitative estimate of drug-likeness (QED) is 0.895. The van der Waals surface area contributed by atoms with Crippen LogP contribution in [0.5, 0.6) is 0 Å². The second kappa shape index (κ2) is 6.16. The number of carboxylic acid groups (broad SMARTS) is 1. The van der Waals surface area contributed by atoms with Gasteiger partial charge in [0.2, 0.25) is 0 Å². The summed E-state index contributed by atoms with van der Waals surface area (Å²) in [7, 11) is 0. The van der Waals surface area contributed by atoms with Crippen LogP contribution in [0.4, 0.5) is 4.79 Å². The van der Waals surface area contributed by atoms with Gasteiger partial charge < -0.3 is 15.2 Å². The molecule has 0 radical (unpaired) electrons. The number of nitrogens with one attached hydrogen (secondary N) is 1. The molecule has 1 atom stereocenters. The molecule has 0 bridgehead atoms. The average Bonchev–Trinajstić information content (AvgIpc) is 2.34. The molecule has 5 nitrogen and oxygen atoms in total. The maximum absolute atomic E-state index is 11.9. The number of rotatable bonds is 4. The Hall–Kier alpha value is -2.04. The van der Waals surface area contributed by atoms with E-state index in [4.69, 9.17) is 4.74 Å². The van der Waals surface area contributed by atoms with Gasteiger partial charge in [0.05, 0.1) is 0 Å². The smallest absolute Gasteiger partial charge is 0.408 e. The second-order valence-electron chi connectivity index (χ2n) is 6.51. The van der Waals surface area contributed by atoms with Crippen molar-refractivity contribution < 1.29 is 19.4 Å². The Balaban J connectivity index is 2.97. The van der Waals surface area contributed by atoms with Gasteiger partial charge in [-0.3, -0.25) is 0 Å². The fourth-order valence-corrected chi connectivity index (χ4v) is 2.01. The number of aliphatic carboxylic acids is 1. The molecule has 0 aliphatic rings. The third-order valence-electron chi connectivity index (χ3n) is 3.15. The highest BCUT2D eigenvalue weighted by Gasteiger charge is 2.38. The summed E-state index contributed by atoms with van der Waals surface area (Å²) < 4.78 is 5.14. The lowest BCUT2D eigenvalue weighted by atomic mass is 9.77. The largest absolute Gasteiger partial charge is 0.480 e. The number of hydrogen-bond acceptors (Lipinski definition) is 3. The zero-order valence-electron chi connectivity index (χ0n) is 13.1. The molecule has 1 rings (SSSR count). The number of ether oxygens (including phenoxy) is 1. The molecule has 0 saturated heterocycles. The van der Waals surface area contributed by atoms with Crippen molar-refractivity contribution in [2.45, 2.75) is 51.7 Å². The SMILES string of the molecule is CC(C)(C)OC(=O)N[C@H](C(=O)O)C(C)(C)c1ccccc1. The van der Waals surface area contributed by atoms with E-state index in [1.54, 1.807) is 34.6 Å². The zero-order chi connectivity index (χ0) is 16.3. The van der Waals surface area contributed by atoms with E-state index in [0.717, 1.165) is 5.56 Å². The highest BCUT2D eigenvalue weighted by molar-refractivity contribution is 5.82. The Morgan fingerprint density at radius 2 is 1.62 bits per heavy atom. The van der Waals surface area contributed by atoms with E-state index >= 15 is 0 Å². The van der Waals surface area contributed by atoms with Crippen LogP contribution in [0, 0.1) is 0 Å². The summed E-state index contributed by atoms with van der Waals surface area (Å²) in [5.41, 5.74) is -0.623. The van der Waals surface area contributed by atoms with Crippen molar-refractivity contribution in [2.24, 2.45) is 0 Å². The molecular formula is C16H23NO4. The topological polar surface area (TPSA) is 75.6 Å². The molecule has 1 amide bonds. The summed E-state index contributed by atoms with van der Waals surface area (Å²) in [6.07, 6.45) is -0.737. The predicted octanol–water partition coefficient (Wildman–Crippen LogP) is 2.94. The second-order valence-corrected chi connectivity index (χ2v) is 6.51. The molecule has 0 fully saturated rings. The summed E-state index contributed by atoms with van der Waals surface area (Å²) in [4.78, 5) is 23.4. The van der Waals surface area contributed by atoms with Gasteiger partial charge in [0.25, 0.3) is 0 Å². The fraction of sp³-hybridized carbons (Fsp3) is 0.500. The van der Waals surface area contributed by atoms with E-state index < -0.39 is 29.1 Å². The Bertz CT molecular complexity index is 503. The molecule has 1 aromatic carbocycles. The van der Waals surface area contributed by atoms with Gasteiger partial charge in [-0.1, -0.05) is 44.2 Å². The molecule has 0 unspecified atom stereocenters. The lowest BCUT2D eigenvalue weighted by Crippen LogP contribution is -2.53.